The van der Waals surface area contributed by atoms with Crippen LogP contribution in [-0.4, -0.2) is 63.6 Å². The van der Waals surface area contributed by atoms with Gasteiger partial charge in [0.15, 0.2) is 11.5 Å². The maximum absolute atomic E-state index is 12.4. The van der Waals surface area contributed by atoms with Gasteiger partial charge >= 0.3 is 0 Å². The van der Waals surface area contributed by atoms with Gasteiger partial charge in [0.1, 0.15) is 5.82 Å². The lowest BCUT2D eigenvalue weighted by Gasteiger charge is -2.27. The number of nitrogens with one attached hydrogen (secondary N) is 2. The smallest absolute Gasteiger partial charge is 0.220 e. The Bertz CT molecular complexity index is 1190. The molecule has 1 aromatic carbocycles. The number of carbonyl (C=O) groups is 1. The lowest BCUT2D eigenvalue weighted by molar-refractivity contribution is -0.121. The molecule has 1 fully saturated rings. The number of aromatic nitrogens is 5. The number of rotatable bonds is 7. The van der Waals surface area contributed by atoms with Gasteiger partial charge in [-0.05, 0) is 30.2 Å². The van der Waals surface area contributed by atoms with Crippen molar-refractivity contribution in [2.45, 2.75) is 19.3 Å². The van der Waals surface area contributed by atoms with Crippen LogP contribution in [0.2, 0.25) is 0 Å². The Morgan fingerprint density at radius 3 is 2.87 bits per heavy atom. The number of nitrogens with zero attached hydrogens (tertiary/aromatic N) is 5. The maximum Gasteiger partial charge on any atom is 0.220 e. The van der Waals surface area contributed by atoms with E-state index in [1.807, 2.05) is 30.5 Å². The summed E-state index contributed by atoms with van der Waals surface area (Å²) in [7, 11) is 0. The quantitative estimate of drug-likeness (QED) is 0.473. The minimum atomic E-state index is 0.000857. The van der Waals surface area contributed by atoms with Crippen molar-refractivity contribution < 1.29 is 9.53 Å². The van der Waals surface area contributed by atoms with Crippen molar-refractivity contribution in [3.05, 3.63) is 54.0 Å². The van der Waals surface area contributed by atoms with E-state index in [1.54, 1.807) is 4.52 Å². The van der Waals surface area contributed by atoms with Crippen molar-refractivity contribution in [1.82, 2.24) is 30.1 Å². The summed E-state index contributed by atoms with van der Waals surface area (Å²) >= 11 is 0. The summed E-state index contributed by atoms with van der Waals surface area (Å²) < 4.78 is 7.15. The highest BCUT2D eigenvalue weighted by molar-refractivity contribution is 5.83. The number of hydrogen-bond acceptors (Lipinski definition) is 6. The van der Waals surface area contributed by atoms with Gasteiger partial charge in [0.25, 0.3) is 0 Å². The van der Waals surface area contributed by atoms with Crippen LogP contribution in [0.5, 0.6) is 0 Å². The van der Waals surface area contributed by atoms with Gasteiger partial charge in [-0.3, -0.25) is 4.79 Å². The second-order valence-corrected chi connectivity index (χ2v) is 7.64. The topological polar surface area (TPSA) is 100 Å². The van der Waals surface area contributed by atoms with Crippen LogP contribution < -0.4 is 10.2 Å². The minimum absolute atomic E-state index is 0.000857. The number of carbonyl (C=O) groups excluding carboxylic acids is 1. The summed E-state index contributed by atoms with van der Waals surface area (Å²) in [6.45, 7) is 3.63. The Kier molecular flexibility index (Phi) is 5.49. The van der Waals surface area contributed by atoms with Gasteiger partial charge in [-0.25, -0.2) is 0 Å². The van der Waals surface area contributed by atoms with Crippen molar-refractivity contribution in [3.8, 4) is 0 Å². The largest absolute Gasteiger partial charge is 0.378 e. The zero-order valence-corrected chi connectivity index (χ0v) is 17.3. The number of anilines is 1. The molecule has 3 aromatic heterocycles. The average Bonchev–Trinajstić information content (AvgIpc) is 3.42. The molecule has 1 aliphatic rings. The number of para-hydroxylation sites is 1. The number of aromatic amines is 1. The number of fused-ring (bicyclic) bond motifs is 2. The highest BCUT2D eigenvalue weighted by atomic mass is 16.5. The number of hydrogen-bond donors (Lipinski definition) is 2. The van der Waals surface area contributed by atoms with Gasteiger partial charge in [0.2, 0.25) is 5.91 Å². The molecule has 1 saturated heterocycles. The van der Waals surface area contributed by atoms with E-state index in [-0.39, 0.29) is 5.91 Å². The van der Waals surface area contributed by atoms with Crippen LogP contribution in [0.3, 0.4) is 0 Å². The van der Waals surface area contributed by atoms with Gasteiger partial charge in [0, 0.05) is 49.6 Å². The van der Waals surface area contributed by atoms with Crippen molar-refractivity contribution >= 4 is 28.3 Å². The molecule has 0 radical (unpaired) electrons. The van der Waals surface area contributed by atoms with E-state index in [9.17, 15) is 4.79 Å². The van der Waals surface area contributed by atoms with Crippen LogP contribution in [0.15, 0.2) is 42.6 Å². The Hall–Kier alpha value is -3.46. The normalized spacial score (nSPS) is 14.4. The van der Waals surface area contributed by atoms with E-state index < -0.39 is 0 Å². The Balaban J connectivity index is 1.17. The molecular weight excluding hydrogens is 394 g/mol. The second-order valence-electron chi connectivity index (χ2n) is 7.64. The summed E-state index contributed by atoms with van der Waals surface area (Å²) in [5.74, 6) is 1.57. The minimum Gasteiger partial charge on any atom is -0.378 e. The van der Waals surface area contributed by atoms with E-state index >= 15 is 0 Å². The molecule has 4 heterocycles. The lowest BCUT2D eigenvalue weighted by atomic mass is 10.1. The molecule has 31 heavy (non-hydrogen) atoms. The monoisotopic (exact) mass is 419 g/mol. The Morgan fingerprint density at radius 1 is 1.10 bits per heavy atom. The zero-order chi connectivity index (χ0) is 21.0. The van der Waals surface area contributed by atoms with Crippen LogP contribution in [-0.2, 0) is 22.4 Å². The van der Waals surface area contributed by atoms with Crippen LogP contribution >= 0.6 is 0 Å². The number of H-pyrrole nitrogens is 1. The predicted molar refractivity (Wildman–Crippen MR) is 117 cm³/mol. The summed E-state index contributed by atoms with van der Waals surface area (Å²) in [5, 5.41) is 17.3. The third kappa shape index (κ3) is 4.22. The molecule has 0 saturated carbocycles. The standard InChI is InChI=1S/C22H25N7O2/c30-22(23-10-9-16-15-24-18-4-2-1-3-17(16)18)8-7-20-26-25-19-5-6-21(27-29(19)20)28-11-13-31-14-12-28/h1-6,15,24H,7-14H2,(H,23,30). The van der Waals surface area contributed by atoms with Gasteiger partial charge in [-0.1, -0.05) is 18.2 Å². The summed E-state index contributed by atoms with van der Waals surface area (Å²) in [4.78, 5) is 17.8. The van der Waals surface area contributed by atoms with Crippen LogP contribution in [0.1, 0.15) is 17.8 Å². The van der Waals surface area contributed by atoms with Gasteiger partial charge in [-0.2, -0.15) is 4.52 Å². The van der Waals surface area contributed by atoms with Gasteiger partial charge < -0.3 is 19.9 Å². The Labute approximate surface area is 179 Å². The summed E-state index contributed by atoms with van der Waals surface area (Å²) in [5.41, 5.74) is 3.01. The molecular formula is C22H25N7O2. The molecule has 1 amide bonds. The summed E-state index contributed by atoms with van der Waals surface area (Å²) in [6, 6.07) is 12.1. The van der Waals surface area contributed by atoms with Crippen LogP contribution in [0, 0.1) is 0 Å². The molecule has 0 atom stereocenters. The van der Waals surface area contributed by atoms with Crippen LogP contribution in [0.4, 0.5) is 5.82 Å². The molecule has 4 aromatic rings. The molecule has 2 N–H and O–H groups in total. The molecule has 0 spiro atoms. The molecule has 160 valence electrons. The first kappa shape index (κ1) is 19.5. The number of benzene rings is 1. The molecule has 9 nitrogen and oxygen atoms in total. The average molecular weight is 419 g/mol. The maximum atomic E-state index is 12.4. The third-order valence-corrected chi connectivity index (χ3v) is 5.62. The highest BCUT2D eigenvalue weighted by Crippen LogP contribution is 2.18. The van der Waals surface area contributed by atoms with Crippen LogP contribution in [0.25, 0.3) is 16.6 Å². The number of morpholine rings is 1. The number of amides is 1. The first-order valence-electron chi connectivity index (χ1n) is 10.6. The fourth-order valence-corrected chi connectivity index (χ4v) is 3.93. The van der Waals surface area contributed by atoms with E-state index in [2.05, 4.69) is 42.6 Å². The first-order valence-corrected chi connectivity index (χ1v) is 10.6. The van der Waals surface area contributed by atoms with Gasteiger partial charge in [-0.15, -0.1) is 15.3 Å². The molecule has 1 aliphatic heterocycles. The van der Waals surface area contributed by atoms with Crippen molar-refractivity contribution in [2.24, 2.45) is 0 Å². The van der Waals surface area contributed by atoms with E-state index in [1.165, 1.54) is 10.9 Å². The molecule has 9 heteroatoms. The number of aryl methyl sites for hydroxylation is 1. The highest BCUT2D eigenvalue weighted by Gasteiger charge is 2.15. The third-order valence-electron chi connectivity index (χ3n) is 5.62. The summed E-state index contributed by atoms with van der Waals surface area (Å²) in [6.07, 6.45) is 3.63. The molecule has 5 rings (SSSR count). The fourth-order valence-electron chi connectivity index (χ4n) is 3.93. The van der Waals surface area contributed by atoms with E-state index in [0.29, 0.717) is 44.1 Å². The second kappa shape index (κ2) is 8.73. The van der Waals surface area contributed by atoms with Crippen molar-refractivity contribution in [2.75, 3.05) is 37.7 Å². The lowest BCUT2D eigenvalue weighted by Crippen LogP contribution is -2.37. The molecule has 0 bridgehead atoms. The van der Waals surface area contributed by atoms with E-state index in [4.69, 9.17) is 4.74 Å². The molecule has 0 unspecified atom stereocenters. The Morgan fingerprint density at radius 2 is 1.97 bits per heavy atom. The van der Waals surface area contributed by atoms with E-state index in [0.717, 1.165) is 30.8 Å². The fraction of sp³-hybridized carbons (Fsp3) is 0.364. The predicted octanol–water partition coefficient (Wildman–Crippen LogP) is 1.73. The molecule has 0 aliphatic carbocycles. The zero-order valence-electron chi connectivity index (χ0n) is 17.3. The van der Waals surface area contributed by atoms with Crippen molar-refractivity contribution in [3.63, 3.8) is 0 Å². The van der Waals surface area contributed by atoms with Gasteiger partial charge in [0.05, 0.1) is 13.2 Å². The SMILES string of the molecule is O=C(CCc1nnc2ccc(N3CCOCC3)nn12)NCCc1c[nH]c2ccccc12. The number of ether oxygens (including phenoxy) is 1. The van der Waals surface area contributed by atoms with Crippen molar-refractivity contribution in [1.29, 1.82) is 0 Å². The first-order chi connectivity index (χ1) is 15.3.